The second kappa shape index (κ2) is 4.96. The zero-order valence-corrected chi connectivity index (χ0v) is 12.2. The van der Waals surface area contributed by atoms with E-state index in [1.165, 1.54) is 56.3 Å². The summed E-state index contributed by atoms with van der Waals surface area (Å²) in [5.41, 5.74) is 2.91. The summed E-state index contributed by atoms with van der Waals surface area (Å²) in [6, 6.07) is 5.10. The van der Waals surface area contributed by atoms with E-state index in [0.717, 1.165) is 23.5 Å². The lowest BCUT2D eigenvalue weighted by Gasteiger charge is -2.44. The molecule has 1 aliphatic carbocycles. The Labute approximate surface area is 120 Å². The van der Waals surface area contributed by atoms with Gasteiger partial charge in [0.25, 0.3) is 0 Å². The van der Waals surface area contributed by atoms with Crippen LogP contribution < -0.4 is 9.47 Å². The van der Waals surface area contributed by atoms with E-state index in [4.69, 9.17) is 9.47 Å². The fraction of sp³-hybridized carbons (Fsp3) is 0.647. The molecule has 3 nitrogen and oxygen atoms in total. The van der Waals surface area contributed by atoms with Gasteiger partial charge in [0.2, 0.25) is 6.79 Å². The Morgan fingerprint density at radius 3 is 3.10 bits per heavy atom. The highest BCUT2D eigenvalue weighted by Crippen LogP contribution is 2.44. The number of benzene rings is 1. The number of fused-ring (bicyclic) bond motifs is 4. The van der Waals surface area contributed by atoms with Crippen LogP contribution in [-0.2, 0) is 12.8 Å². The quantitative estimate of drug-likeness (QED) is 0.827. The lowest BCUT2D eigenvalue weighted by Crippen LogP contribution is -2.49. The summed E-state index contributed by atoms with van der Waals surface area (Å²) in [6.45, 7) is 5.22. The predicted molar refractivity (Wildman–Crippen MR) is 78.3 cm³/mol. The predicted octanol–water partition coefficient (Wildman–Crippen LogP) is 3.00. The van der Waals surface area contributed by atoms with Gasteiger partial charge in [0.15, 0.2) is 11.5 Å². The maximum absolute atomic E-state index is 5.72. The van der Waals surface area contributed by atoms with Gasteiger partial charge in [-0.25, -0.2) is 0 Å². The number of rotatable bonds is 2. The highest BCUT2D eigenvalue weighted by molar-refractivity contribution is 5.53. The molecule has 1 saturated heterocycles. The molecule has 0 N–H and O–H groups in total. The second-order valence-electron chi connectivity index (χ2n) is 6.35. The first kappa shape index (κ1) is 12.5. The van der Waals surface area contributed by atoms with E-state index >= 15 is 0 Å². The maximum atomic E-state index is 5.72. The average Bonchev–Trinajstić information content (AvgIpc) is 2.95. The lowest BCUT2D eigenvalue weighted by atomic mass is 9.75. The molecule has 108 valence electrons. The standard InChI is InChI=1S/C17H23NO2/c1-2-7-18-8-3-4-13-9-14-12(10-15(13)18)5-6-16-17(14)20-11-19-16/h5-6,13,15H,2-4,7-11H2,1H3/t13-,15?/m1/s1. The summed E-state index contributed by atoms with van der Waals surface area (Å²) in [7, 11) is 0. The van der Waals surface area contributed by atoms with Crippen LogP contribution in [0.1, 0.15) is 37.3 Å². The molecule has 1 fully saturated rings. The Balaban J connectivity index is 1.66. The number of nitrogens with zero attached hydrogens (tertiary/aromatic N) is 1. The summed E-state index contributed by atoms with van der Waals surface area (Å²) in [6.07, 6.45) is 6.35. The molecule has 3 heteroatoms. The minimum absolute atomic E-state index is 0.391. The van der Waals surface area contributed by atoms with E-state index in [9.17, 15) is 0 Å². The van der Waals surface area contributed by atoms with Gasteiger partial charge in [-0.1, -0.05) is 13.0 Å². The molecule has 1 aromatic rings. The van der Waals surface area contributed by atoms with Crippen LogP contribution >= 0.6 is 0 Å². The van der Waals surface area contributed by atoms with Crippen molar-refractivity contribution in [1.29, 1.82) is 0 Å². The van der Waals surface area contributed by atoms with Gasteiger partial charge in [0.1, 0.15) is 0 Å². The molecule has 3 aliphatic rings. The van der Waals surface area contributed by atoms with Crippen LogP contribution in [-0.4, -0.2) is 30.8 Å². The van der Waals surface area contributed by atoms with Crippen LogP contribution in [0.4, 0.5) is 0 Å². The molecule has 2 heterocycles. The second-order valence-corrected chi connectivity index (χ2v) is 6.35. The van der Waals surface area contributed by atoms with Crippen molar-refractivity contribution in [2.75, 3.05) is 19.9 Å². The fourth-order valence-electron chi connectivity index (χ4n) is 4.29. The van der Waals surface area contributed by atoms with E-state index in [0.29, 0.717) is 6.79 Å². The third kappa shape index (κ3) is 1.91. The van der Waals surface area contributed by atoms with Crippen LogP contribution in [0.3, 0.4) is 0 Å². The molecular formula is C17H23NO2. The molecule has 2 aliphatic heterocycles. The molecular weight excluding hydrogens is 250 g/mol. The van der Waals surface area contributed by atoms with Gasteiger partial charge in [-0.05, 0) is 62.7 Å². The molecule has 1 unspecified atom stereocenters. The van der Waals surface area contributed by atoms with E-state index in [1.807, 2.05) is 0 Å². The monoisotopic (exact) mass is 273 g/mol. The molecule has 1 aromatic carbocycles. The number of ether oxygens (including phenoxy) is 2. The van der Waals surface area contributed by atoms with Crippen LogP contribution in [0.2, 0.25) is 0 Å². The third-order valence-corrected chi connectivity index (χ3v) is 5.18. The van der Waals surface area contributed by atoms with Crippen molar-refractivity contribution < 1.29 is 9.47 Å². The average molecular weight is 273 g/mol. The van der Waals surface area contributed by atoms with Gasteiger partial charge in [-0.15, -0.1) is 0 Å². The minimum atomic E-state index is 0.391. The first-order valence-corrected chi connectivity index (χ1v) is 8.01. The first-order valence-electron chi connectivity index (χ1n) is 8.01. The van der Waals surface area contributed by atoms with Crippen molar-refractivity contribution in [3.05, 3.63) is 23.3 Å². The Morgan fingerprint density at radius 2 is 2.20 bits per heavy atom. The molecule has 4 rings (SSSR count). The maximum Gasteiger partial charge on any atom is 0.231 e. The molecule has 0 saturated carbocycles. The van der Waals surface area contributed by atoms with Crippen molar-refractivity contribution in [3.8, 4) is 11.5 Å². The summed E-state index contributed by atoms with van der Waals surface area (Å²) in [5.74, 6) is 2.79. The molecule has 2 atom stereocenters. The Hall–Kier alpha value is -1.22. The highest BCUT2D eigenvalue weighted by atomic mass is 16.7. The number of hydrogen-bond acceptors (Lipinski definition) is 3. The normalized spacial score (nSPS) is 28.1. The van der Waals surface area contributed by atoms with Gasteiger partial charge < -0.3 is 9.47 Å². The topological polar surface area (TPSA) is 21.7 Å². The van der Waals surface area contributed by atoms with E-state index < -0.39 is 0 Å². The smallest absolute Gasteiger partial charge is 0.231 e. The van der Waals surface area contributed by atoms with Crippen molar-refractivity contribution in [2.45, 2.75) is 45.1 Å². The summed E-state index contributed by atoms with van der Waals surface area (Å²) >= 11 is 0. The van der Waals surface area contributed by atoms with Gasteiger partial charge in [0.05, 0.1) is 0 Å². The van der Waals surface area contributed by atoms with Crippen molar-refractivity contribution in [2.24, 2.45) is 5.92 Å². The van der Waals surface area contributed by atoms with Gasteiger partial charge in [0, 0.05) is 11.6 Å². The third-order valence-electron chi connectivity index (χ3n) is 5.18. The summed E-state index contributed by atoms with van der Waals surface area (Å²) < 4.78 is 11.2. The number of hydrogen-bond donors (Lipinski definition) is 0. The Morgan fingerprint density at radius 1 is 1.25 bits per heavy atom. The Kier molecular flexibility index (Phi) is 3.10. The Bertz CT molecular complexity index is 512. The van der Waals surface area contributed by atoms with Crippen molar-refractivity contribution in [3.63, 3.8) is 0 Å². The summed E-state index contributed by atoms with van der Waals surface area (Å²) in [4.78, 5) is 2.72. The van der Waals surface area contributed by atoms with Gasteiger partial charge >= 0.3 is 0 Å². The highest BCUT2D eigenvalue weighted by Gasteiger charge is 2.37. The molecule has 0 radical (unpaired) electrons. The SMILES string of the molecule is CCCN1CCC[C@@H]2Cc3c(ccc4c3OCO4)CC21. The zero-order chi connectivity index (χ0) is 13.5. The van der Waals surface area contributed by atoms with E-state index in [1.54, 1.807) is 0 Å². The minimum Gasteiger partial charge on any atom is -0.454 e. The first-order chi connectivity index (χ1) is 9.86. The van der Waals surface area contributed by atoms with Crippen LogP contribution in [0, 0.1) is 5.92 Å². The lowest BCUT2D eigenvalue weighted by molar-refractivity contribution is 0.0847. The fourth-order valence-corrected chi connectivity index (χ4v) is 4.29. The molecule has 0 aromatic heterocycles. The van der Waals surface area contributed by atoms with Crippen molar-refractivity contribution in [1.82, 2.24) is 4.90 Å². The molecule has 0 spiro atoms. The van der Waals surface area contributed by atoms with E-state index in [-0.39, 0.29) is 0 Å². The zero-order valence-electron chi connectivity index (χ0n) is 12.2. The number of piperidine rings is 1. The van der Waals surface area contributed by atoms with E-state index in [2.05, 4.69) is 24.0 Å². The molecule has 0 bridgehead atoms. The largest absolute Gasteiger partial charge is 0.454 e. The summed E-state index contributed by atoms with van der Waals surface area (Å²) in [5, 5.41) is 0. The molecule has 20 heavy (non-hydrogen) atoms. The molecule has 0 amide bonds. The van der Waals surface area contributed by atoms with Gasteiger partial charge in [-0.3, -0.25) is 4.90 Å². The van der Waals surface area contributed by atoms with Crippen LogP contribution in [0.25, 0.3) is 0 Å². The number of likely N-dealkylation sites (tertiary alicyclic amines) is 1. The van der Waals surface area contributed by atoms with Gasteiger partial charge in [-0.2, -0.15) is 0 Å². The van der Waals surface area contributed by atoms with Crippen molar-refractivity contribution >= 4 is 0 Å². The van der Waals surface area contributed by atoms with Crippen LogP contribution in [0.15, 0.2) is 12.1 Å². The van der Waals surface area contributed by atoms with Crippen LogP contribution in [0.5, 0.6) is 11.5 Å².